The van der Waals surface area contributed by atoms with Gasteiger partial charge in [0, 0.05) is 6.08 Å². The van der Waals surface area contributed by atoms with Crippen LogP contribution in [0.2, 0.25) is 0 Å². The summed E-state index contributed by atoms with van der Waals surface area (Å²) in [6.07, 6.45) is 2.21. The van der Waals surface area contributed by atoms with E-state index in [4.69, 9.17) is 23.7 Å². The molecule has 0 bridgehead atoms. The molecule has 7 heteroatoms. The van der Waals surface area contributed by atoms with Gasteiger partial charge in [-0.1, -0.05) is 24.3 Å². The average molecular weight is 479 g/mol. The Morgan fingerprint density at radius 2 is 1.34 bits per heavy atom. The summed E-state index contributed by atoms with van der Waals surface area (Å²) < 4.78 is 27.3. The van der Waals surface area contributed by atoms with Gasteiger partial charge in [0.25, 0.3) is 0 Å². The lowest BCUT2D eigenvalue weighted by molar-refractivity contribution is -0.128. The lowest BCUT2D eigenvalue weighted by atomic mass is 10.1. The van der Waals surface area contributed by atoms with Crippen molar-refractivity contribution < 1.29 is 33.6 Å². The van der Waals surface area contributed by atoms with E-state index >= 15 is 0 Å². The molecule has 3 aromatic rings. The van der Waals surface area contributed by atoms with Crippen molar-refractivity contribution in [3.05, 3.63) is 83.4 Å². The van der Waals surface area contributed by atoms with Crippen molar-refractivity contribution in [3.63, 3.8) is 0 Å². The Bertz CT molecular complexity index is 1120. The van der Waals surface area contributed by atoms with Gasteiger partial charge in [0.1, 0.15) is 17.6 Å². The largest absolute Gasteiger partial charge is 0.493 e. The predicted octanol–water partition coefficient (Wildman–Crippen LogP) is 5.52. The number of aliphatic hydroxyl groups is 1. The number of benzene rings is 3. The van der Waals surface area contributed by atoms with E-state index in [1.807, 2.05) is 43.3 Å². The van der Waals surface area contributed by atoms with Crippen LogP contribution in [0.5, 0.6) is 28.7 Å². The summed E-state index contributed by atoms with van der Waals surface area (Å²) in [5.41, 5.74) is 2.45. The van der Waals surface area contributed by atoms with Crippen LogP contribution >= 0.6 is 0 Å². The summed E-state index contributed by atoms with van der Waals surface area (Å²) in [6, 6.07) is 17.9. The minimum Gasteiger partial charge on any atom is -0.493 e. The van der Waals surface area contributed by atoms with Gasteiger partial charge in [-0.15, -0.1) is 0 Å². The van der Waals surface area contributed by atoms with E-state index in [-0.39, 0.29) is 6.10 Å². The molecule has 3 aromatic carbocycles. The minimum absolute atomic E-state index is 0.211. The number of esters is 1. The summed E-state index contributed by atoms with van der Waals surface area (Å²) >= 11 is 0. The number of hydrogen-bond acceptors (Lipinski definition) is 7. The summed E-state index contributed by atoms with van der Waals surface area (Å²) in [7, 11) is 4.59. The number of ether oxygens (including phenoxy) is 5. The van der Waals surface area contributed by atoms with E-state index in [1.165, 1.54) is 27.4 Å². The molecule has 0 spiro atoms. The third kappa shape index (κ3) is 6.77. The molecule has 0 aromatic heterocycles. The highest BCUT2D eigenvalue weighted by Crippen LogP contribution is 2.38. The first-order chi connectivity index (χ1) is 16.8. The lowest BCUT2D eigenvalue weighted by Crippen LogP contribution is -2.05. The fourth-order valence-corrected chi connectivity index (χ4v) is 3.42. The molecular weight excluding hydrogens is 448 g/mol. The van der Waals surface area contributed by atoms with E-state index in [1.54, 1.807) is 37.3 Å². The first-order valence-electron chi connectivity index (χ1n) is 11.1. The maximum Gasteiger partial charge on any atom is 0.336 e. The number of rotatable bonds is 10. The van der Waals surface area contributed by atoms with Crippen LogP contribution in [0.3, 0.4) is 0 Å². The molecule has 1 N–H and O–H groups in total. The second-order valence-corrected chi connectivity index (χ2v) is 7.79. The Labute approximate surface area is 205 Å². The Balaban J connectivity index is 1.61. The highest BCUT2D eigenvalue weighted by atomic mass is 16.5. The van der Waals surface area contributed by atoms with Crippen LogP contribution in [0.25, 0.3) is 6.08 Å². The molecule has 0 radical (unpaired) electrons. The molecule has 7 nitrogen and oxygen atoms in total. The molecule has 0 amide bonds. The van der Waals surface area contributed by atoms with Crippen LogP contribution in [0, 0.1) is 0 Å². The Hall–Kier alpha value is -3.97. The third-order valence-electron chi connectivity index (χ3n) is 5.34. The molecule has 0 aliphatic carbocycles. The summed E-state index contributed by atoms with van der Waals surface area (Å²) in [5.74, 6) is 2.06. The SMILES string of the molecule is COc1cc(/C=C/C(=O)Oc2ccc([C@H](C)Oc3ccc([C@@H](C)O)cc3)cc2)cc(OC)c1OC. The first-order valence-corrected chi connectivity index (χ1v) is 11.1. The second kappa shape index (κ2) is 11.9. The molecule has 2 atom stereocenters. The van der Waals surface area contributed by atoms with Gasteiger partial charge in [0.15, 0.2) is 11.5 Å². The topological polar surface area (TPSA) is 83.5 Å². The molecule has 0 heterocycles. The number of hydrogen-bond donors (Lipinski definition) is 1. The number of aliphatic hydroxyl groups excluding tert-OH is 1. The standard InChI is InChI=1S/C28H30O7/c1-18(29)21-7-11-23(12-8-21)34-19(2)22-9-13-24(14-10-22)35-27(30)15-6-20-16-25(31-3)28(33-5)26(17-20)32-4/h6-19,29H,1-5H3/b15-6+/t18-,19+/m1/s1. The van der Waals surface area contributed by atoms with Gasteiger partial charge < -0.3 is 28.8 Å². The summed E-state index contributed by atoms with van der Waals surface area (Å²) in [4.78, 5) is 12.3. The molecule has 0 saturated carbocycles. The zero-order valence-electron chi connectivity index (χ0n) is 20.5. The van der Waals surface area contributed by atoms with Crippen LogP contribution in [0.1, 0.15) is 42.7 Å². The maximum atomic E-state index is 12.3. The maximum absolute atomic E-state index is 12.3. The van der Waals surface area contributed by atoms with Crippen molar-refractivity contribution in [1.82, 2.24) is 0 Å². The molecule has 0 unspecified atom stereocenters. The Morgan fingerprint density at radius 1 is 0.800 bits per heavy atom. The van der Waals surface area contributed by atoms with Gasteiger partial charge in [-0.2, -0.15) is 0 Å². The molecule has 0 aliphatic heterocycles. The van der Waals surface area contributed by atoms with E-state index in [2.05, 4.69) is 0 Å². The van der Waals surface area contributed by atoms with Crippen LogP contribution in [-0.2, 0) is 4.79 Å². The monoisotopic (exact) mass is 478 g/mol. The first kappa shape index (κ1) is 25.6. The zero-order valence-corrected chi connectivity index (χ0v) is 20.5. The molecule has 0 fully saturated rings. The van der Waals surface area contributed by atoms with Crippen molar-refractivity contribution in [1.29, 1.82) is 0 Å². The van der Waals surface area contributed by atoms with Gasteiger partial charge in [0.2, 0.25) is 5.75 Å². The quantitative estimate of drug-likeness (QED) is 0.233. The zero-order chi connectivity index (χ0) is 25.4. The smallest absolute Gasteiger partial charge is 0.336 e. The average Bonchev–Trinajstić information content (AvgIpc) is 2.87. The predicted molar refractivity (Wildman–Crippen MR) is 133 cm³/mol. The minimum atomic E-state index is -0.520. The van der Waals surface area contributed by atoms with Crippen molar-refractivity contribution in [3.8, 4) is 28.7 Å². The van der Waals surface area contributed by atoms with Gasteiger partial charge >= 0.3 is 5.97 Å². The van der Waals surface area contributed by atoms with E-state index in [9.17, 15) is 9.90 Å². The molecule has 0 saturated heterocycles. The summed E-state index contributed by atoms with van der Waals surface area (Å²) in [6.45, 7) is 3.65. The van der Waals surface area contributed by atoms with Crippen LogP contribution < -0.4 is 23.7 Å². The van der Waals surface area contributed by atoms with Crippen molar-refractivity contribution in [2.45, 2.75) is 26.1 Å². The van der Waals surface area contributed by atoms with E-state index in [0.717, 1.165) is 11.1 Å². The molecule has 35 heavy (non-hydrogen) atoms. The normalized spacial score (nSPS) is 12.6. The number of carbonyl (C=O) groups excluding carboxylic acids is 1. The van der Waals surface area contributed by atoms with Gasteiger partial charge in [-0.3, -0.25) is 0 Å². The van der Waals surface area contributed by atoms with Crippen LogP contribution in [0.4, 0.5) is 0 Å². The Kier molecular flexibility index (Phi) is 8.75. The number of carbonyl (C=O) groups is 1. The molecular formula is C28H30O7. The fraction of sp³-hybridized carbons (Fsp3) is 0.250. The highest BCUT2D eigenvalue weighted by Gasteiger charge is 2.13. The lowest BCUT2D eigenvalue weighted by Gasteiger charge is -2.16. The number of methoxy groups -OCH3 is 3. The van der Waals surface area contributed by atoms with Crippen molar-refractivity contribution in [2.75, 3.05) is 21.3 Å². The van der Waals surface area contributed by atoms with Gasteiger partial charge in [-0.05, 0) is 73.0 Å². The Morgan fingerprint density at radius 3 is 1.86 bits per heavy atom. The van der Waals surface area contributed by atoms with Crippen LogP contribution in [-0.4, -0.2) is 32.4 Å². The van der Waals surface area contributed by atoms with Crippen molar-refractivity contribution >= 4 is 12.0 Å². The second-order valence-electron chi connectivity index (χ2n) is 7.79. The summed E-state index contributed by atoms with van der Waals surface area (Å²) in [5, 5.41) is 9.62. The highest BCUT2D eigenvalue weighted by molar-refractivity contribution is 5.89. The van der Waals surface area contributed by atoms with Gasteiger partial charge in [0.05, 0.1) is 27.4 Å². The molecule has 0 aliphatic rings. The van der Waals surface area contributed by atoms with E-state index in [0.29, 0.717) is 34.3 Å². The molecule has 3 rings (SSSR count). The third-order valence-corrected chi connectivity index (χ3v) is 5.34. The van der Waals surface area contributed by atoms with E-state index < -0.39 is 12.1 Å². The molecule has 184 valence electrons. The van der Waals surface area contributed by atoms with Gasteiger partial charge in [-0.25, -0.2) is 4.79 Å². The fourth-order valence-electron chi connectivity index (χ4n) is 3.42. The van der Waals surface area contributed by atoms with Crippen LogP contribution in [0.15, 0.2) is 66.7 Å². The van der Waals surface area contributed by atoms with Crippen molar-refractivity contribution in [2.24, 2.45) is 0 Å².